The molecular formula is C11H8F2N2O2. The lowest BCUT2D eigenvalue weighted by Gasteiger charge is -2.03. The van der Waals surface area contributed by atoms with Crippen molar-refractivity contribution in [1.82, 2.24) is 10.2 Å². The van der Waals surface area contributed by atoms with Gasteiger partial charge in [-0.3, -0.25) is 5.10 Å². The number of carboxylic acids is 1. The number of aromatic amines is 1. The molecule has 1 aromatic heterocycles. The van der Waals surface area contributed by atoms with Gasteiger partial charge in [0.1, 0.15) is 17.3 Å². The van der Waals surface area contributed by atoms with Gasteiger partial charge < -0.3 is 5.11 Å². The fourth-order valence-corrected chi connectivity index (χ4v) is 1.48. The van der Waals surface area contributed by atoms with E-state index in [2.05, 4.69) is 10.2 Å². The molecule has 1 heterocycles. The number of aromatic carboxylic acids is 1. The van der Waals surface area contributed by atoms with Gasteiger partial charge in [0.2, 0.25) is 0 Å². The maximum absolute atomic E-state index is 13.3. The second-order valence-electron chi connectivity index (χ2n) is 3.53. The minimum Gasteiger partial charge on any atom is -0.477 e. The standard InChI is InChI=1S/C11H8F2N2O2/c1-5-7(2-6(12)3-8(5)13)9-4-10(11(16)17)15-14-9/h2-4H,1H3,(H,14,15)(H,16,17). The first-order chi connectivity index (χ1) is 7.99. The Kier molecular flexibility index (Phi) is 2.63. The number of benzene rings is 1. The van der Waals surface area contributed by atoms with Crippen molar-refractivity contribution in [2.24, 2.45) is 0 Å². The smallest absolute Gasteiger partial charge is 0.353 e. The van der Waals surface area contributed by atoms with Crippen molar-refractivity contribution in [1.29, 1.82) is 0 Å². The van der Waals surface area contributed by atoms with Gasteiger partial charge in [0, 0.05) is 11.6 Å². The van der Waals surface area contributed by atoms with Gasteiger partial charge >= 0.3 is 5.97 Å². The summed E-state index contributed by atoms with van der Waals surface area (Å²) in [6.07, 6.45) is 0. The Hall–Kier alpha value is -2.24. The van der Waals surface area contributed by atoms with Crippen LogP contribution >= 0.6 is 0 Å². The molecule has 88 valence electrons. The summed E-state index contributed by atoms with van der Waals surface area (Å²) < 4.78 is 26.4. The van der Waals surface area contributed by atoms with Crippen LogP contribution < -0.4 is 0 Å². The summed E-state index contributed by atoms with van der Waals surface area (Å²) in [5.74, 6) is -2.61. The predicted molar refractivity (Wildman–Crippen MR) is 55.6 cm³/mol. The summed E-state index contributed by atoms with van der Waals surface area (Å²) in [4.78, 5) is 10.6. The first kappa shape index (κ1) is 11.3. The molecule has 2 aromatic rings. The molecule has 0 aliphatic heterocycles. The third-order valence-electron chi connectivity index (χ3n) is 2.39. The number of aromatic nitrogens is 2. The van der Waals surface area contributed by atoms with Gasteiger partial charge in [0.05, 0.1) is 5.69 Å². The normalized spacial score (nSPS) is 10.5. The highest BCUT2D eigenvalue weighted by molar-refractivity contribution is 5.87. The van der Waals surface area contributed by atoms with Gasteiger partial charge in [-0.2, -0.15) is 5.10 Å². The van der Waals surface area contributed by atoms with Gasteiger partial charge in [-0.05, 0) is 24.6 Å². The average molecular weight is 238 g/mol. The second-order valence-corrected chi connectivity index (χ2v) is 3.53. The monoisotopic (exact) mass is 238 g/mol. The molecule has 0 saturated carbocycles. The van der Waals surface area contributed by atoms with Gasteiger partial charge in [-0.25, -0.2) is 13.6 Å². The molecule has 4 nitrogen and oxygen atoms in total. The average Bonchev–Trinajstić information content (AvgIpc) is 2.72. The van der Waals surface area contributed by atoms with E-state index < -0.39 is 17.6 Å². The molecule has 0 radical (unpaired) electrons. The summed E-state index contributed by atoms with van der Waals surface area (Å²) >= 11 is 0. The van der Waals surface area contributed by atoms with Crippen LogP contribution in [0.3, 0.4) is 0 Å². The highest BCUT2D eigenvalue weighted by Gasteiger charge is 2.14. The molecule has 0 unspecified atom stereocenters. The molecule has 2 rings (SSSR count). The second kappa shape index (κ2) is 3.97. The van der Waals surface area contributed by atoms with Crippen LogP contribution in [0.5, 0.6) is 0 Å². The SMILES string of the molecule is Cc1c(F)cc(F)cc1-c1cc(C(=O)O)[nH]n1. The summed E-state index contributed by atoms with van der Waals surface area (Å²) in [5.41, 5.74) is 0.503. The number of H-pyrrole nitrogens is 1. The number of halogens is 2. The lowest BCUT2D eigenvalue weighted by molar-refractivity contribution is 0.0690. The number of carboxylic acid groups (broad SMARTS) is 1. The molecule has 0 saturated heterocycles. The van der Waals surface area contributed by atoms with E-state index in [9.17, 15) is 13.6 Å². The van der Waals surface area contributed by atoms with Crippen LogP contribution in [0, 0.1) is 18.6 Å². The van der Waals surface area contributed by atoms with Crippen LogP contribution in [0.25, 0.3) is 11.3 Å². The topological polar surface area (TPSA) is 66.0 Å². The van der Waals surface area contributed by atoms with E-state index in [-0.39, 0.29) is 22.5 Å². The number of rotatable bonds is 2. The molecule has 0 aliphatic carbocycles. The molecule has 0 spiro atoms. The minimum atomic E-state index is -1.18. The first-order valence-electron chi connectivity index (χ1n) is 4.73. The number of nitrogens with zero attached hydrogens (tertiary/aromatic N) is 1. The Morgan fingerprint density at radius 3 is 2.65 bits per heavy atom. The van der Waals surface area contributed by atoms with Crippen molar-refractivity contribution in [3.63, 3.8) is 0 Å². The van der Waals surface area contributed by atoms with Crippen LogP contribution in [-0.4, -0.2) is 21.3 Å². The largest absolute Gasteiger partial charge is 0.477 e. The van der Waals surface area contributed by atoms with Crippen LogP contribution in [0.4, 0.5) is 8.78 Å². The summed E-state index contributed by atoms with van der Waals surface area (Å²) in [6.45, 7) is 1.47. The van der Waals surface area contributed by atoms with Crippen molar-refractivity contribution in [2.75, 3.05) is 0 Å². The lowest BCUT2D eigenvalue weighted by atomic mass is 10.0. The van der Waals surface area contributed by atoms with Gasteiger partial charge in [0.25, 0.3) is 0 Å². The van der Waals surface area contributed by atoms with Gasteiger partial charge in [0.15, 0.2) is 0 Å². The molecule has 2 N–H and O–H groups in total. The maximum atomic E-state index is 13.3. The van der Waals surface area contributed by atoms with Crippen molar-refractivity contribution in [3.05, 3.63) is 41.1 Å². The Labute approximate surface area is 94.9 Å². The number of hydrogen-bond acceptors (Lipinski definition) is 2. The zero-order chi connectivity index (χ0) is 12.6. The zero-order valence-electron chi connectivity index (χ0n) is 8.79. The molecule has 0 amide bonds. The van der Waals surface area contributed by atoms with Crippen molar-refractivity contribution in [3.8, 4) is 11.3 Å². The minimum absolute atomic E-state index is 0.135. The first-order valence-corrected chi connectivity index (χ1v) is 4.73. The molecule has 0 atom stereocenters. The van der Waals surface area contributed by atoms with Gasteiger partial charge in [-0.15, -0.1) is 0 Å². The van der Waals surface area contributed by atoms with E-state index in [1.165, 1.54) is 13.0 Å². The van der Waals surface area contributed by atoms with Crippen LogP contribution in [0.15, 0.2) is 18.2 Å². The number of carbonyl (C=O) groups is 1. The summed E-state index contributed by atoms with van der Waals surface area (Å²) in [5, 5.41) is 14.7. The van der Waals surface area contributed by atoms with Crippen molar-refractivity contribution >= 4 is 5.97 Å². The van der Waals surface area contributed by atoms with Crippen molar-refractivity contribution in [2.45, 2.75) is 6.92 Å². The molecule has 17 heavy (non-hydrogen) atoms. The van der Waals surface area contributed by atoms with E-state index in [4.69, 9.17) is 5.11 Å². The van der Waals surface area contributed by atoms with E-state index in [0.29, 0.717) is 0 Å². The van der Waals surface area contributed by atoms with Crippen LogP contribution in [0.2, 0.25) is 0 Å². The molecule has 0 fully saturated rings. The zero-order valence-corrected chi connectivity index (χ0v) is 8.79. The highest BCUT2D eigenvalue weighted by Crippen LogP contribution is 2.25. The Balaban J connectivity index is 2.56. The third kappa shape index (κ3) is 2.01. The molecule has 0 bridgehead atoms. The van der Waals surface area contributed by atoms with Gasteiger partial charge in [-0.1, -0.05) is 0 Å². The Morgan fingerprint density at radius 2 is 2.06 bits per heavy atom. The molecule has 6 heteroatoms. The fourth-order valence-electron chi connectivity index (χ4n) is 1.48. The predicted octanol–water partition coefficient (Wildman–Crippen LogP) is 2.36. The Bertz CT molecular complexity index is 593. The maximum Gasteiger partial charge on any atom is 0.353 e. The fraction of sp³-hybridized carbons (Fsp3) is 0.0909. The van der Waals surface area contributed by atoms with E-state index >= 15 is 0 Å². The van der Waals surface area contributed by atoms with Crippen LogP contribution in [-0.2, 0) is 0 Å². The molecule has 1 aromatic carbocycles. The van der Waals surface area contributed by atoms with E-state index in [1.54, 1.807) is 0 Å². The molecule has 0 aliphatic rings. The third-order valence-corrected chi connectivity index (χ3v) is 2.39. The van der Waals surface area contributed by atoms with E-state index in [0.717, 1.165) is 12.1 Å². The van der Waals surface area contributed by atoms with E-state index in [1.807, 2.05) is 0 Å². The quantitative estimate of drug-likeness (QED) is 0.844. The summed E-state index contributed by atoms with van der Waals surface area (Å²) in [7, 11) is 0. The summed E-state index contributed by atoms with van der Waals surface area (Å²) in [6, 6.07) is 3.10. The number of hydrogen-bond donors (Lipinski definition) is 2. The number of nitrogens with one attached hydrogen (secondary N) is 1. The van der Waals surface area contributed by atoms with Crippen LogP contribution in [0.1, 0.15) is 16.1 Å². The molecular weight excluding hydrogens is 230 g/mol. The Morgan fingerprint density at radius 1 is 1.35 bits per heavy atom. The lowest BCUT2D eigenvalue weighted by Crippen LogP contribution is -1.95. The highest BCUT2D eigenvalue weighted by atomic mass is 19.1. The van der Waals surface area contributed by atoms with Crippen molar-refractivity contribution < 1.29 is 18.7 Å².